The summed E-state index contributed by atoms with van der Waals surface area (Å²) in [7, 11) is 0. The number of pyridine rings is 1. The van der Waals surface area contributed by atoms with Gasteiger partial charge in [0.25, 0.3) is 5.91 Å². The average molecular weight is 420 g/mol. The minimum absolute atomic E-state index is 0.299. The fraction of sp³-hybridized carbons (Fsp3) is 0.300. The van der Waals surface area contributed by atoms with E-state index < -0.39 is 0 Å². The molecule has 2 aromatic heterocycles. The molecule has 1 aliphatic carbocycles. The largest absolute Gasteiger partial charge is 0.397 e. The molecule has 3 N–H and O–H groups in total. The highest BCUT2D eigenvalue weighted by atomic mass is 35.5. The lowest BCUT2D eigenvalue weighted by molar-refractivity contribution is 0.103. The Morgan fingerprint density at radius 3 is 2.74 bits per heavy atom. The van der Waals surface area contributed by atoms with E-state index in [1.54, 1.807) is 18.2 Å². The Hall–Kier alpha value is -1.82. The third kappa shape index (κ3) is 3.64. The highest BCUT2D eigenvalue weighted by molar-refractivity contribution is 7.21. The highest BCUT2D eigenvalue weighted by Crippen LogP contribution is 2.36. The standard InChI is InChI=1S/C20H19Cl2N3OS/c21-13-7-5-9-15(16(13)22)24-19(26)18-17(23)12-10-11-6-3-1-2-4-8-14(11)25-20(12)27-18/h5,7,9-10H,1-4,6,8,23H2,(H,24,26). The number of carbonyl (C=O) groups excluding carboxylic acids is 1. The van der Waals surface area contributed by atoms with E-state index in [9.17, 15) is 4.79 Å². The molecular formula is C20H19Cl2N3OS. The third-order valence-electron chi connectivity index (χ3n) is 4.91. The van der Waals surface area contributed by atoms with Gasteiger partial charge in [0.15, 0.2) is 0 Å². The van der Waals surface area contributed by atoms with Crippen LogP contribution in [-0.2, 0) is 12.8 Å². The summed E-state index contributed by atoms with van der Waals surface area (Å²) < 4.78 is 0. The Morgan fingerprint density at radius 2 is 1.93 bits per heavy atom. The van der Waals surface area contributed by atoms with Gasteiger partial charge in [-0.3, -0.25) is 4.79 Å². The number of nitrogens with one attached hydrogen (secondary N) is 1. The molecule has 2 heterocycles. The van der Waals surface area contributed by atoms with Gasteiger partial charge in [-0.15, -0.1) is 11.3 Å². The zero-order valence-electron chi connectivity index (χ0n) is 14.6. The summed E-state index contributed by atoms with van der Waals surface area (Å²) in [6.07, 6.45) is 6.85. The summed E-state index contributed by atoms with van der Waals surface area (Å²) in [6, 6.07) is 7.24. The van der Waals surface area contributed by atoms with Crippen LogP contribution < -0.4 is 11.1 Å². The predicted molar refractivity (Wildman–Crippen MR) is 114 cm³/mol. The van der Waals surface area contributed by atoms with Crippen molar-refractivity contribution in [2.75, 3.05) is 11.1 Å². The SMILES string of the molecule is Nc1c(C(=O)Nc2cccc(Cl)c2Cl)sc2nc3c(cc12)CCCCCC3. The van der Waals surface area contributed by atoms with Crippen LogP contribution in [0.15, 0.2) is 24.3 Å². The number of nitrogen functional groups attached to an aromatic ring is 1. The fourth-order valence-electron chi connectivity index (χ4n) is 3.46. The number of hydrogen-bond acceptors (Lipinski definition) is 4. The number of nitrogens with two attached hydrogens (primary N) is 1. The number of amides is 1. The molecule has 1 aliphatic rings. The van der Waals surface area contributed by atoms with Crippen LogP contribution in [0, 0.1) is 0 Å². The van der Waals surface area contributed by atoms with Crippen LogP contribution in [0.25, 0.3) is 10.2 Å². The van der Waals surface area contributed by atoms with Crippen LogP contribution in [0.3, 0.4) is 0 Å². The molecule has 140 valence electrons. The lowest BCUT2D eigenvalue weighted by Gasteiger charge is -2.12. The van der Waals surface area contributed by atoms with E-state index >= 15 is 0 Å². The van der Waals surface area contributed by atoms with Gasteiger partial charge in [-0.1, -0.05) is 42.1 Å². The van der Waals surface area contributed by atoms with Crippen LogP contribution in [0.2, 0.25) is 10.0 Å². The molecule has 3 aromatic rings. The maximum atomic E-state index is 12.8. The lowest BCUT2D eigenvalue weighted by atomic mass is 9.96. The Kier molecular flexibility index (Phi) is 5.26. The highest BCUT2D eigenvalue weighted by Gasteiger charge is 2.20. The van der Waals surface area contributed by atoms with Crippen molar-refractivity contribution >= 4 is 62.0 Å². The zero-order chi connectivity index (χ0) is 19.0. The minimum Gasteiger partial charge on any atom is -0.397 e. The second-order valence-electron chi connectivity index (χ2n) is 6.76. The number of halogens is 2. The van der Waals surface area contributed by atoms with Crippen molar-refractivity contribution in [3.8, 4) is 0 Å². The molecule has 0 aliphatic heterocycles. The molecule has 1 amide bonds. The van der Waals surface area contributed by atoms with Crippen molar-refractivity contribution in [3.63, 3.8) is 0 Å². The number of nitrogens with zero attached hydrogens (tertiary/aromatic N) is 1. The maximum Gasteiger partial charge on any atom is 0.267 e. The van der Waals surface area contributed by atoms with Gasteiger partial charge in [0.05, 0.1) is 21.4 Å². The quantitative estimate of drug-likeness (QED) is 0.527. The summed E-state index contributed by atoms with van der Waals surface area (Å²) >= 11 is 13.5. The van der Waals surface area contributed by atoms with Crippen LogP contribution in [0.1, 0.15) is 46.6 Å². The first kappa shape index (κ1) is 18.5. The number of anilines is 2. The second-order valence-corrected chi connectivity index (χ2v) is 8.55. The Bertz CT molecular complexity index is 1030. The van der Waals surface area contributed by atoms with Crippen molar-refractivity contribution < 1.29 is 4.79 Å². The molecule has 0 bridgehead atoms. The van der Waals surface area contributed by atoms with E-state index in [1.165, 1.54) is 36.2 Å². The molecule has 0 saturated heterocycles. The molecule has 0 spiro atoms. The monoisotopic (exact) mass is 419 g/mol. The van der Waals surface area contributed by atoms with E-state index in [1.807, 2.05) is 0 Å². The molecule has 0 unspecified atom stereocenters. The van der Waals surface area contributed by atoms with Crippen LogP contribution in [0.5, 0.6) is 0 Å². The Labute approximate surface area is 171 Å². The van der Waals surface area contributed by atoms with Gasteiger partial charge in [0.1, 0.15) is 9.71 Å². The number of benzene rings is 1. The normalized spacial score (nSPS) is 14.4. The van der Waals surface area contributed by atoms with E-state index in [2.05, 4.69) is 11.4 Å². The number of thiophene rings is 1. The molecule has 4 nitrogen and oxygen atoms in total. The smallest absolute Gasteiger partial charge is 0.267 e. The van der Waals surface area contributed by atoms with Crippen LogP contribution >= 0.6 is 34.5 Å². The predicted octanol–water partition coefficient (Wildman–Crippen LogP) is 6.10. The number of carbonyl (C=O) groups is 1. The minimum atomic E-state index is -0.299. The van der Waals surface area contributed by atoms with E-state index in [4.69, 9.17) is 33.9 Å². The first-order chi connectivity index (χ1) is 13.0. The Morgan fingerprint density at radius 1 is 1.15 bits per heavy atom. The molecule has 7 heteroatoms. The summed E-state index contributed by atoms with van der Waals surface area (Å²) in [4.78, 5) is 18.9. The number of fused-ring (bicyclic) bond motifs is 2. The summed E-state index contributed by atoms with van der Waals surface area (Å²) in [5.74, 6) is -0.299. The third-order valence-corrected chi connectivity index (χ3v) is 6.84. The summed E-state index contributed by atoms with van der Waals surface area (Å²) in [6.45, 7) is 0. The van der Waals surface area contributed by atoms with Gasteiger partial charge in [-0.05, 0) is 49.4 Å². The number of aromatic nitrogens is 1. The molecule has 0 radical (unpaired) electrons. The van der Waals surface area contributed by atoms with Gasteiger partial charge in [-0.25, -0.2) is 4.98 Å². The summed E-state index contributed by atoms with van der Waals surface area (Å²) in [5, 5.41) is 4.37. The first-order valence-corrected chi connectivity index (χ1v) is 10.6. The fourth-order valence-corrected chi connectivity index (χ4v) is 4.80. The van der Waals surface area contributed by atoms with E-state index in [-0.39, 0.29) is 5.91 Å². The molecule has 0 atom stereocenters. The molecule has 4 rings (SSSR count). The van der Waals surface area contributed by atoms with Crippen molar-refractivity contribution in [2.24, 2.45) is 0 Å². The van der Waals surface area contributed by atoms with Crippen molar-refractivity contribution in [1.29, 1.82) is 0 Å². The average Bonchev–Trinajstić information content (AvgIpc) is 2.95. The topological polar surface area (TPSA) is 68.0 Å². The molecule has 0 fully saturated rings. The number of aryl methyl sites for hydroxylation is 2. The lowest BCUT2D eigenvalue weighted by Crippen LogP contribution is -2.12. The molecule has 27 heavy (non-hydrogen) atoms. The van der Waals surface area contributed by atoms with E-state index in [0.717, 1.165) is 35.2 Å². The van der Waals surface area contributed by atoms with Gasteiger partial charge in [0, 0.05) is 11.1 Å². The molecular weight excluding hydrogens is 401 g/mol. The van der Waals surface area contributed by atoms with Crippen molar-refractivity contribution in [3.05, 3.63) is 50.4 Å². The van der Waals surface area contributed by atoms with Crippen LogP contribution in [-0.4, -0.2) is 10.9 Å². The zero-order valence-corrected chi connectivity index (χ0v) is 17.0. The van der Waals surface area contributed by atoms with Crippen molar-refractivity contribution in [2.45, 2.75) is 38.5 Å². The second kappa shape index (κ2) is 7.66. The Balaban J connectivity index is 1.70. The molecule has 0 saturated carbocycles. The number of hydrogen-bond donors (Lipinski definition) is 2. The van der Waals surface area contributed by atoms with E-state index in [0.29, 0.717) is 26.3 Å². The maximum absolute atomic E-state index is 12.8. The van der Waals surface area contributed by atoms with Crippen LogP contribution in [0.4, 0.5) is 11.4 Å². The summed E-state index contributed by atoms with van der Waals surface area (Å²) in [5.41, 5.74) is 9.66. The van der Waals surface area contributed by atoms with Gasteiger partial charge < -0.3 is 11.1 Å². The van der Waals surface area contributed by atoms with Gasteiger partial charge >= 0.3 is 0 Å². The first-order valence-electron chi connectivity index (χ1n) is 9.00. The van der Waals surface area contributed by atoms with Gasteiger partial charge in [0.2, 0.25) is 0 Å². The van der Waals surface area contributed by atoms with Crippen molar-refractivity contribution in [1.82, 2.24) is 4.98 Å². The molecule has 1 aromatic carbocycles. The van der Waals surface area contributed by atoms with Gasteiger partial charge in [-0.2, -0.15) is 0 Å². The number of rotatable bonds is 2.